The van der Waals surface area contributed by atoms with Crippen LogP contribution >= 0.6 is 34.2 Å². The molecule has 2 aromatic carbocycles. The molecule has 2 bridgehead atoms. The quantitative estimate of drug-likeness (QED) is 0.183. The molecule has 1 spiro atoms. The van der Waals surface area contributed by atoms with Crippen LogP contribution < -0.4 is 9.47 Å². The van der Waals surface area contributed by atoms with Gasteiger partial charge in [-0.15, -0.1) is 0 Å². The summed E-state index contributed by atoms with van der Waals surface area (Å²) in [5.41, 5.74) is 1.78. The first kappa shape index (κ1) is 23.0. The van der Waals surface area contributed by atoms with Crippen molar-refractivity contribution in [2.24, 2.45) is 34.2 Å². The molecule has 4 aliphatic rings. The van der Waals surface area contributed by atoms with Crippen LogP contribution in [0.25, 0.3) is 0 Å². The fourth-order valence-electron chi connectivity index (χ4n) is 6.13. The van der Waals surface area contributed by atoms with Crippen LogP contribution in [0.15, 0.2) is 53.7 Å². The maximum absolute atomic E-state index is 13.2. The molecule has 2 aromatic rings. The average molecular weight is 603 g/mol. The molecule has 1 heterocycles. The molecule has 1 aliphatic heterocycles. The molecule has 2 saturated carbocycles. The maximum Gasteiger partial charge on any atom is 0.254 e. The first-order valence-electron chi connectivity index (χ1n) is 11.9. The minimum Gasteiger partial charge on any atom is -0.490 e. The van der Waals surface area contributed by atoms with Gasteiger partial charge in [-0.3, -0.25) is 9.59 Å². The smallest absolute Gasteiger partial charge is 0.254 e. The number of carbonyl (C=O) groups is 2. The van der Waals surface area contributed by atoms with Gasteiger partial charge in [-0.25, -0.2) is 0 Å². The molecule has 0 unspecified atom stereocenters. The molecule has 6 nitrogen and oxygen atoms in total. The van der Waals surface area contributed by atoms with Crippen molar-refractivity contribution >= 4 is 52.2 Å². The van der Waals surface area contributed by atoms with Crippen LogP contribution in [-0.2, 0) is 16.2 Å². The second-order valence-corrected chi connectivity index (χ2v) is 11.2. The average Bonchev–Trinajstić information content (AvgIpc) is 3.44. The van der Waals surface area contributed by atoms with Gasteiger partial charge in [0.1, 0.15) is 6.61 Å². The lowest BCUT2D eigenvalue weighted by Gasteiger charge is -2.18. The molecule has 0 N–H and O–H groups in total. The van der Waals surface area contributed by atoms with Crippen LogP contribution in [0.4, 0.5) is 0 Å². The Balaban J connectivity index is 1.22. The third-order valence-electron chi connectivity index (χ3n) is 7.81. The molecular weight excluding hydrogens is 579 g/mol. The minimum absolute atomic E-state index is 0.168. The number of carbonyl (C=O) groups excluding carboxylic acids is 2. The van der Waals surface area contributed by atoms with Gasteiger partial charge in [0.2, 0.25) is 0 Å². The van der Waals surface area contributed by atoms with E-state index in [1.807, 2.05) is 43.3 Å². The van der Waals surface area contributed by atoms with E-state index >= 15 is 0 Å². The summed E-state index contributed by atoms with van der Waals surface area (Å²) < 4.78 is 12.7. The van der Waals surface area contributed by atoms with Gasteiger partial charge in [-0.2, -0.15) is 10.1 Å². The van der Waals surface area contributed by atoms with Crippen LogP contribution in [-0.4, -0.2) is 29.6 Å². The first-order valence-corrected chi connectivity index (χ1v) is 13.3. The predicted molar refractivity (Wildman–Crippen MR) is 140 cm³/mol. The largest absolute Gasteiger partial charge is 0.490 e. The Kier molecular flexibility index (Phi) is 5.67. The van der Waals surface area contributed by atoms with Crippen LogP contribution in [0.3, 0.4) is 0 Å². The van der Waals surface area contributed by atoms with Crippen molar-refractivity contribution in [3.05, 3.63) is 68.3 Å². The van der Waals surface area contributed by atoms with Gasteiger partial charge in [0, 0.05) is 10.6 Å². The van der Waals surface area contributed by atoms with E-state index in [-0.39, 0.29) is 40.9 Å². The van der Waals surface area contributed by atoms with Crippen molar-refractivity contribution in [3.63, 3.8) is 0 Å². The second-order valence-electron chi connectivity index (χ2n) is 9.60. The SMILES string of the molecule is CCOc1cc(/C=N\N2C(=O)[C@@H]3[C@H](C2=O)[C@H]2C=C[C@H]3C23CC3)cc(I)c1OCc1ccccc1Cl. The van der Waals surface area contributed by atoms with E-state index in [1.165, 1.54) is 0 Å². The zero-order valence-electron chi connectivity index (χ0n) is 19.1. The molecule has 3 aliphatic carbocycles. The molecule has 180 valence electrons. The van der Waals surface area contributed by atoms with E-state index in [4.69, 9.17) is 21.1 Å². The Morgan fingerprint density at radius 3 is 2.43 bits per heavy atom. The summed E-state index contributed by atoms with van der Waals surface area (Å²) in [5, 5.41) is 6.08. The Labute approximate surface area is 222 Å². The van der Waals surface area contributed by atoms with E-state index in [9.17, 15) is 9.59 Å². The van der Waals surface area contributed by atoms with Crippen LogP contribution in [0.5, 0.6) is 11.5 Å². The third-order valence-corrected chi connectivity index (χ3v) is 8.98. The Hall–Kier alpha value is -2.39. The fourth-order valence-corrected chi connectivity index (χ4v) is 7.10. The Bertz CT molecular complexity index is 1250. The molecule has 3 fully saturated rings. The summed E-state index contributed by atoms with van der Waals surface area (Å²) in [4.78, 5) is 26.3. The van der Waals surface area contributed by atoms with Crippen molar-refractivity contribution in [2.45, 2.75) is 26.4 Å². The summed E-state index contributed by atoms with van der Waals surface area (Å²) in [6, 6.07) is 11.2. The minimum atomic E-state index is -0.253. The Morgan fingerprint density at radius 2 is 1.80 bits per heavy atom. The predicted octanol–water partition coefficient (Wildman–Crippen LogP) is 5.45. The van der Waals surface area contributed by atoms with E-state index in [0.717, 1.165) is 32.5 Å². The first-order chi connectivity index (χ1) is 16.9. The molecule has 0 aromatic heterocycles. The number of hydrazone groups is 1. The van der Waals surface area contributed by atoms with Gasteiger partial charge in [0.05, 0.1) is 28.2 Å². The number of hydrogen-bond donors (Lipinski definition) is 0. The summed E-state index contributed by atoms with van der Waals surface area (Å²) >= 11 is 8.45. The highest BCUT2D eigenvalue weighted by Crippen LogP contribution is 2.73. The number of hydrogen-bond acceptors (Lipinski definition) is 5. The molecule has 6 rings (SSSR count). The van der Waals surface area contributed by atoms with E-state index in [1.54, 1.807) is 6.21 Å². The number of rotatable bonds is 7. The summed E-state index contributed by atoms with van der Waals surface area (Å²) in [5.74, 6) is 0.723. The number of halogens is 2. The van der Waals surface area contributed by atoms with Crippen LogP contribution in [0.1, 0.15) is 30.9 Å². The molecule has 2 amide bonds. The standard InChI is InChI=1S/C27H24ClIN2O4/c1-2-34-21-12-15(11-20(29)24(21)35-14-16-5-3-4-6-19(16)28)13-30-31-25(32)22-17-7-8-18(23(22)26(31)33)27(17)9-10-27/h3-8,11-13,17-18,22-23H,2,9-10,14H2,1H3/b30-13-/t17-,18-,22-,23+/m1/s1. The highest BCUT2D eigenvalue weighted by Gasteiger charge is 2.73. The fraction of sp³-hybridized carbons (Fsp3) is 0.370. The van der Waals surface area contributed by atoms with Gasteiger partial charge in [0.25, 0.3) is 11.8 Å². The van der Waals surface area contributed by atoms with Crippen LogP contribution in [0, 0.1) is 32.7 Å². The topological polar surface area (TPSA) is 68.2 Å². The number of amides is 2. The van der Waals surface area contributed by atoms with Gasteiger partial charge in [-0.05, 0) is 83.4 Å². The van der Waals surface area contributed by atoms with Crippen molar-refractivity contribution in [2.75, 3.05) is 6.61 Å². The normalized spacial score (nSPS) is 27.3. The van der Waals surface area contributed by atoms with Gasteiger partial charge < -0.3 is 9.47 Å². The molecule has 1 saturated heterocycles. The summed E-state index contributed by atoms with van der Waals surface area (Å²) in [6.45, 7) is 2.67. The van der Waals surface area contributed by atoms with E-state index in [0.29, 0.717) is 29.7 Å². The van der Waals surface area contributed by atoms with Gasteiger partial charge in [0.15, 0.2) is 11.5 Å². The molecular formula is C27H24ClIN2O4. The number of ether oxygens (including phenoxy) is 2. The second kappa shape index (κ2) is 8.62. The van der Waals surface area contributed by atoms with Crippen molar-refractivity contribution in [3.8, 4) is 11.5 Å². The lowest BCUT2D eigenvalue weighted by molar-refractivity contribution is -0.141. The molecule has 0 radical (unpaired) electrons. The highest BCUT2D eigenvalue weighted by atomic mass is 127. The Morgan fingerprint density at radius 1 is 1.11 bits per heavy atom. The lowest BCUT2D eigenvalue weighted by Crippen LogP contribution is -2.30. The van der Waals surface area contributed by atoms with Gasteiger partial charge in [-0.1, -0.05) is 42.0 Å². The zero-order valence-corrected chi connectivity index (χ0v) is 22.0. The van der Waals surface area contributed by atoms with E-state index in [2.05, 4.69) is 39.8 Å². The van der Waals surface area contributed by atoms with Gasteiger partial charge >= 0.3 is 0 Å². The lowest BCUT2D eigenvalue weighted by atomic mass is 9.85. The summed E-state index contributed by atoms with van der Waals surface area (Å²) in [7, 11) is 0. The molecule has 4 atom stereocenters. The summed E-state index contributed by atoms with van der Waals surface area (Å²) in [6.07, 6.45) is 8.12. The third kappa shape index (κ3) is 3.61. The maximum atomic E-state index is 13.2. The number of nitrogens with zero attached hydrogens (tertiary/aromatic N) is 2. The number of benzene rings is 2. The zero-order chi connectivity index (χ0) is 24.3. The van der Waals surface area contributed by atoms with Crippen LogP contribution in [0.2, 0.25) is 5.02 Å². The number of fused-ring (bicyclic) bond motifs is 3. The monoisotopic (exact) mass is 602 g/mol. The van der Waals surface area contributed by atoms with Crippen molar-refractivity contribution in [1.82, 2.24) is 5.01 Å². The highest BCUT2D eigenvalue weighted by molar-refractivity contribution is 14.1. The number of allylic oxidation sites excluding steroid dienone is 2. The molecule has 35 heavy (non-hydrogen) atoms. The number of imide groups is 1. The van der Waals surface area contributed by atoms with Crippen molar-refractivity contribution in [1.29, 1.82) is 0 Å². The van der Waals surface area contributed by atoms with E-state index < -0.39 is 0 Å². The molecule has 8 heteroatoms. The van der Waals surface area contributed by atoms with Crippen molar-refractivity contribution < 1.29 is 19.1 Å².